The van der Waals surface area contributed by atoms with Gasteiger partial charge in [0.25, 0.3) is 0 Å². The maximum absolute atomic E-state index is 3.04. The highest BCUT2D eigenvalue weighted by Gasteiger charge is 1.93. The molecule has 0 aromatic heterocycles. The van der Waals surface area contributed by atoms with Crippen molar-refractivity contribution in [2.24, 2.45) is 0 Å². The summed E-state index contributed by atoms with van der Waals surface area (Å²) in [7, 11) is 0. The van der Waals surface area contributed by atoms with Crippen LogP contribution in [0.1, 0.15) is 23.6 Å². The predicted octanol–water partition coefficient (Wildman–Crippen LogP) is 2.37. The second-order valence-electron chi connectivity index (χ2n) is 3.22. The van der Waals surface area contributed by atoms with Crippen LogP contribution in [0, 0.1) is 25.8 Å². The Morgan fingerprint density at radius 3 is 2.31 bits per heavy atom. The summed E-state index contributed by atoms with van der Waals surface area (Å²) in [5.74, 6) is 2.81. The minimum absolute atomic E-state index is 0.823. The quantitative estimate of drug-likeness (QED) is 0.535. The molecule has 1 heteroatoms. The summed E-state index contributed by atoms with van der Waals surface area (Å²) in [4.78, 5) is 0. The SMILES string of the molecule is CC#CNCc1cc(C)cc(C)c1. The molecule has 0 heterocycles. The number of hydrogen-bond donors (Lipinski definition) is 1. The molecule has 0 unspecified atom stereocenters. The molecule has 0 atom stereocenters. The van der Waals surface area contributed by atoms with Crippen LogP contribution in [-0.4, -0.2) is 0 Å². The average molecular weight is 173 g/mol. The summed E-state index contributed by atoms with van der Waals surface area (Å²) >= 11 is 0. The van der Waals surface area contributed by atoms with E-state index in [1.807, 2.05) is 6.92 Å². The lowest BCUT2D eigenvalue weighted by molar-refractivity contribution is 0.896. The molecule has 0 spiro atoms. The van der Waals surface area contributed by atoms with Gasteiger partial charge in [0, 0.05) is 12.6 Å². The second kappa shape index (κ2) is 4.57. The Morgan fingerprint density at radius 1 is 1.15 bits per heavy atom. The molecule has 0 amide bonds. The van der Waals surface area contributed by atoms with Gasteiger partial charge in [0.1, 0.15) is 0 Å². The molecular weight excluding hydrogens is 158 g/mol. The first-order valence-corrected chi connectivity index (χ1v) is 4.44. The Balaban J connectivity index is 2.69. The van der Waals surface area contributed by atoms with Crippen LogP contribution in [-0.2, 0) is 6.54 Å². The van der Waals surface area contributed by atoms with Gasteiger partial charge >= 0.3 is 0 Å². The third-order valence-electron chi connectivity index (χ3n) is 1.79. The Bertz CT molecular complexity index is 322. The average Bonchev–Trinajstić information content (AvgIpc) is 2.03. The number of rotatable bonds is 2. The van der Waals surface area contributed by atoms with Crippen molar-refractivity contribution in [3.8, 4) is 12.0 Å². The van der Waals surface area contributed by atoms with E-state index in [9.17, 15) is 0 Å². The van der Waals surface area contributed by atoms with Crippen LogP contribution in [0.2, 0.25) is 0 Å². The molecule has 1 aromatic rings. The van der Waals surface area contributed by atoms with Crippen molar-refractivity contribution in [2.75, 3.05) is 0 Å². The highest BCUT2D eigenvalue weighted by Crippen LogP contribution is 2.08. The van der Waals surface area contributed by atoms with Crippen molar-refractivity contribution in [3.63, 3.8) is 0 Å². The zero-order valence-electron chi connectivity index (χ0n) is 8.44. The lowest BCUT2D eigenvalue weighted by Crippen LogP contribution is -2.05. The lowest BCUT2D eigenvalue weighted by atomic mass is 10.1. The van der Waals surface area contributed by atoms with E-state index in [0.29, 0.717) is 0 Å². The van der Waals surface area contributed by atoms with Crippen molar-refractivity contribution in [2.45, 2.75) is 27.3 Å². The van der Waals surface area contributed by atoms with Crippen LogP contribution < -0.4 is 5.32 Å². The monoisotopic (exact) mass is 173 g/mol. The number of hydrogen-bond acceptors (Lipinski definition) is 1. The van der Waals surface area contributed by atoms with E-state index < -0.39 is 0 Å². The van der Waals surface area contributed by atoms with E-state index in [1.165, 1.54) is 16.7 Å². The van der Waals surface area contributed by atoms with Gasteiger partial charge in [0.2, 0.25) is 0 Å². The van der Waals surface area contributed by atoms with Gasteiger partial charge in [0.05, 0.1) is 0 Å². The van der Waals surface area contributed by atoms with E-state index in [2.05, 4.69) is 49.3 Å². The Morgan fingerprint density at radius 2 is 1.77 bits per heavy atom. The highest BCUT2D eigenvalue weighted by molar-refractivity contribution is 5.28. The predicted molar refractivity (Wildman–Crippen MR) is 56.2 cm³/mol. The first kappa shape index (κ1) is 9.67. The molecule has 1 N–H and O–H groups in total. The maximum Gasteiger partial charge on any atom is 0.0480 e. The van der Waals surface area contributed by atoms with Gasteiger partial charge in [-0.3, -0.25) is 0 Å². The molecule has 0 aliphatic carbocycles. The normalized spacial score (nSPS) is 8.85. The van der Waals surface area contributed by atoms with Gasteiger partial charge in [-0.15, -0.1) is 0 Å². The van der Waals surface area contributed by atoms with Crippen molar-refractivity contribution in [3.05, 3.63) is 34.9 Å². The second-order valence-corrected chi connectivity index (χ2v) is 3.22. The lowest BCUT2D eigenvalue weighted by Gasteiger charge is -2.03. The molecule has 1 nitrogen and oxygen atoms in total. The van der Waals surface area contributed by atoms with Crippen molar-refractivity contribution < 1.29 is 0 Å². The third-order valence-corrected chi connectivity index (χ3v) is 1.79. The molecule has 1 rings (SSSR count). The van der Waals surface area contributed by atoms with E-state index in [4.69, 9.17) is 0 Å². The Labute approximate surface area is 80.2 Å². The molecule has 68 valence electrons. The van der Waals surface area contributed by atoms with E-state index in [-0.39, 0.29) is 0 Å². The fraction of sp³-hybridized carbons (Fsp3) is 0.333. The van der Waals surface area contributed by atoms with Gasteiger partial charge in [-0.25, -0.2) is 0 Å². The third kappa shape index (κ3) is 3.21. The van der Waals surface area contributed by atoms with Crippen LogP contribution in [0.5, 0.6) is 0 Å². The molecule has 0 saturated carbocycles. The summed E-state index contributed by atoms with van der Waals surface area (Å²) in [5, 5.41) is 3.04. The number of benzene rings is 1. The van der Waals surface area contributed by atoms with Crippen molar-refractivity contribution in [1.29, 1.82) is 0 Å². The summed E-state index contributed by atoms with van der Waals surface area (Å²) in [5.41, 5.74) is 3.91. The van der Waals surface area contributed by atoms with Crippen LogP contribution >= 0.6 is 0 Å². The zero-order valence-corrected chi connectivity index (χ0v) is 8.44. The van der Waals surface area contributed by atoms with Crippen molar-refractivity contribution >= 4 is 0 Å². The fourth-order valence-corrected chi connectivity index (χ4v) is 1.41. The van der Waals surface area contributed by atoms with Crippen LogP contribution in [0.25, 0.3) is 0 Å². The standard InChI is InChI=1S/C12H15N/c1-4-5-13-9-12-7-10(2)6-11(3)8-12/h6-8,13H,9H2,1-3H3. The molecule has 0 aliphatic heterocycles. The van der Waals surface area contributed by atoms with Crippen LogP contribution in [0.15, 0.2) is 18.2 Å². The first-order chi connectivity index (χ1) is 6.22. The Kier molecular flexibility index (Phi) is 3.40. The molecule has 0 saturated heterocycles. The van der Waals surface area contributed by atoms with Crippen LogP contribution in [0.3, 0.4) is 0 Å². The summed E-state index contributed by atoms with van der Waals surface area (Å²) in [6.07, 6.45) is 0. The zero-order chi connectivity index (χ0) is 9.68. The highest BCUT2D eigenvalue weighted by atomic mass is 14.8. The van der Waals surface area contributed by atoms with E-state index in [1.54, 1.807) is 0 Å². The largest absolute Gasteiger partial charge is 0.341 e. The van der Waals surface area contributed by atoms with Crippen molar-refractivity contribution in [1.82, 2.24) is 5.32 Å². The van der Waals surface area contributed by atoms with Gasteiger partial charge in [0.15, 0.2) is 0 Å². The van der Waals surface area contributed by atoms with Gasteiger partial charge in [-0.1, -0.05) is 35.2 Å². The molecule has 0 radical (unpaired) electrons. The molecule has 0 fully saturated rings. The topological polar surface area (TPSA) is 12.0 Å². The maximum atomic E-state index is 3.04. The smallest absolute Gasteiger partial charge is 0.0480 e. The molecule has 0 aliphatic rings. The fourth-order valence-electron chi connectivity index (χ4n) is 1.41. The van der Waals surface area contributed by atoms with Gasteiger partial charge in [-0.05, 0) is 26.3 Å². The van der Waals surface area contributed by atoms with E-state index >= 15 is 0 Å². The number of aryl methyl sites for hydroxylation is 2. The minimum atomic E-state index is 0.823. The molecule has 1 aromatic carbocycles. The van der Waals surface area contributed by atoms with Crippen LogP contribution in [0.4, 0.5) is 0 Å². The minimum Gasteiger partial charge on any atom is -0.341 e. The summed E-state index contributed by atoms with van der Waals surface area (Å²) < 4.78 is 0. The van der Waals surface area contributed by atoms with Gasteiger partial charge < -0.3 is 5.32 Å². The Hall–Kier alpha value is -1.42. The van der Waals surface area contributed by atoms with E-state index in [0.717, 1.165) is 6.54 Å². The summed E-state index contributed by atoms with van der Waals surface area (Å²) in [6, 6.07) is 9.37. The number of nitrogens with one attached hydrogen (secondary N) is 1. The first-order valence-electron chi connectivity index (χ1n) is 4.44. The molecule has 0 bridgehead atoms. The summed E-state index contributed by atoms with van der Waals surface area (Å²) in [6.45, 7) is 6.88. The van der Waals surface area contributed by atoms with Gasteiger partial charge in [-0.2, -0.15) is 0 Å². The molecular formula is C12H15N. The molecule has 13 heavy (non-hydrogen) atoms.